The number of hydrogen-bond donors (Lipinski definition) is 1. The van der Waals surface area contributed by atoms with Crippen molar-refractivity contribution < 1.29 is 18.4 Å². The van der Waals surface area contributed by atoms with E-state index in [2.05, 4.69) is 15.3 Å². The van der Waals surface area contributed by atoms with E-state index in [1.54, 1.807) is 35.2 Å². The molecule has 1 unspecified atom stereocenters. The van der Waals surface area contributed by atoms with Crippen LogP contribution in [-0.4, -0.2) is 39.8 Å². The first-order valence-corrected chi connectivity index (χ1v) is 10.8. The van der Waals surface area contributed by atoms with Crippen LogP contribution in [0.15, 0.2) is 53.2 Å². The third-order valence-corrected chi connectivity index (χ3v) is 5.59. The summed E-state index contributed by atoms with van der Waals surface area (Å²) in [5, 5.41) is 3.27. The van der Waals surface area contributed by atoms with E-state index >= 15 is 0 Å². The molecule has 2 aromatic heterocycles. The van der Waals surface area contributed by atoms with Gasteiger partial charge in [-0.2, -0.15) is 0 Å². The van der Waals surface area contributed by atoms with E-state index < -0.39 is 5.82 Å². The topological polar surface area (TPSA) is 88.3 Å². The Morgan fingerprint density at radius 3 is 2.81 bits per heavy atom. The summed E-state index contributed by atoms with van der Waals surface area (Å²) in [7, 11) is 0. The summed E-state index contributed by atoms with van der Waals surface area (Å²) >= 11 is 5.82. The zero-order valence-corrected chi connectivity index (χ0v) is 18.0. The number of oxazole rings is 1. The quantitative estimate of drug-likeness (QED) is 0.596. The number of likely N-dealkylation sites (tertiary alicyclic amines) is 1. The third-order valence-electron chi connectivity index (χ3n) is 5.37. The first-order valence-electron chi connectivity index (χ1n) is 10.4. The number of benzene rings is 1. The van der Waals surface area contributed by atoms with Gasteiger partial charge in [-0.25, -0.2) is 14.4 Å². The highest BCUT2D eigenvalue weighted by molar-refractivity contribution is 6.30. The molecule has 0 radical (unpaired) electrons. The van der Waals surface area contributed by atoms with Crippen molar-refractivity contribution >= 4 is 29.2 Å². The predicted molar refractivity (Wildman–Crippen MR) is 117 cm³/mol. The summed E-state index contributed by atoms with van der Waals surface area (Å²) in [6.45, 7) is 0.957. The fraction of sp³-hybridized carbons (Fsp3) is 0.304. The molecule has 1 aliphatic heterocycles. The SMILES string of the molecule is O=C(Nc1ccc(Cl)cn1)C1CCCN(C(=O)CCc2ncc(-c3ccccc3F)o2)C1. The van der Waals surface area contributed by atoms with Crippen molar-refractivity contribution in [3.63, 3.8) is 0 Å². The maximum Gasteiger partial charge on any atom is 0.230 e. The van der Waals surface area contributed by atoms with Crippen LogP contribution >= 0.6 is 11.6 Å². The molecule has 0 bridgehead atoms. The zero-order chi connectivity index (χ0) is 22.5. The van der Waals surface area contributed by atoms with Crippen LogP contribution in [0, 0.1) is 11.7 Å². The van der Waals surface area contributed by atoms with Gasteiger partial charge in [0.1, 0.15) is 11.6 Å². The van der Waals surface area contributed by atoms with Gasteiger partial charge < -0.3 is 14.6 Å². The van der Waals surface area contributed by atoms with Gasteiger partial charge in [0, 0.05) is 32.1 Å². The largest absolute Gasteiger partial charge is 0.441 e. The molecule has 9 heteroatoms. The summed E-state index contributed by atoms with van der Waals surface area (Å²) in [6.07, 6.45) is 4.88. The van der Waals surface area contributed by atoms with Gasteiger partial charge in [0.05, 0.1) is 22.7 Å². The number of nitrogens with zero attached hydrogens (tertiary/aromatic N) is 3. The molecule has 1 saturated heterocycles. The summed E-state index contributed by atoms with van der Waals surface area (Å²) in [4.78, 5) is 35.2. The fourth-order valence-corrected chi connectivity index (χ4v) is 3.79. The minimum Gasteiger partial charge on any atom is -0.441 e. The summed E-state index contributed by atoms with van der Waals surface area (Å²) in [5.41, 5.74) is 0.331. The normalized spacial score (nSPS) is 16.1. The molecule has 1 N–H and O–H groups in total. The second kappa shape index (κ2) is 9.91. The number of pyridine rings is 1. The fourth-order valence-electron chi connectivity index (χ4n) is 3.68. The van der Waals surface area contributed by atoms with E-state index in [1.165, 1.54) is 18.5 Å². The van der Waals surface area contributed by atoms with Crippen molar-refractivity contribution in [2.45, 2.75) is 25.7 Å². The van der Waals surface area contributed by atoms with E-state index in [0.29, 0.717) is 54.0 Å². The van der Waals surface area contributed by atoms with Crippen LogP contribution in [0.5, 0.6) is 0 Å². The standard InChI is InChI=1S/C23H22ClFN4O3/c24-16-7-8-20(26-12-16)28-23(31)15-4-3-11-29(14-15)22(30)10-9-21-27-13-19(32-21)17-5-1-2-6-18(17)25/h1-2,5-8,12-13,15H,3-4,9-11,14H2,(H,26,28,31). The maximum atomic E-state index is 13.9. The molecule has 1 aliphatic rings. The number of anilines is 1. The molecule has 0 spiro atoms. The molecule has 4 rings (SSSR count). The van der Waals surface area contributed by atoms with Gasteiger partial charge in [-0.3, -0.25) is 9.59 Å². The molecule has 32 heavy (non-hydrogen) atoms. The molecule has 1 aromatic carbocycles. The number of aromatic nitrogens is 2. The Labute approximate surface area is 189 Å². The summed E-state index contributed by atoms with van der Waals surface area (Å²) < 4.78 is 19.5. The highest BCUT2D eigenvalue weighted by Crippen LogP contribution is 2.24. The minimum absolute atomic E-state index is 0.0715. The van der Waals surface area contributed by atoms with Gasteiger partial charge in [-0.05, 0) is 37.1 Å². The monoisotopic (exact) mass is 456 g/mol. The van der Waals surface area contributed by atoms with Crippen LogP contribution in [0.3, 0.4) is 0 Å². The van der Waals surface area contributed by atoms with Crippen molar-refractivity contribution in [2.24, 2.45) is 5.92 Å². The van der Waals surface area contributed by atoms with Gasteiger partial charge in [0.2, 0.25) is 11.8 Å². The van der Waals surface area contributed by atoms with Crippen LogP contribution in [0.25, 0.3) is 11.3 Å². The molecule has 166 valence electrons. The highest BCUT2D eigenvalue weighted by Gasteiger charge is 2.28. The Kier molecular flexibility index (Phi) is 6.80. The van der Waals surface area contributed by atoms with Crippen LogP contribution in [0.4, 0.5) is 10.2 Å². The van der Waals surface area contributed by atoms with Gasteiger partial charge in [0.25, 0.3) is 0 Å². The molecule has 0 saturated carbocycles. The molecule has 2 amide bonds. The van der Waals surface area contributed by atoms with Crippen molar-refractivity contribution in [2.75, 3.05) is 18.4 Å². The Bertz CT molecular complexity index is 1100. The van der Waals surface area contributed by atoms with E-state index in [0.717, 1.165) is 6.42 Å². The third kappa shape index (κ3) is 5.31. The maximum absolute atomic E-state index is 13.9. The molecule has 3 aromatic rings. The van der Waals surface area contributed by atoms with Crippen LogP contribution in [-0.2, 0) is 16.0 Å². The average Bonchev–Trinajstić information content (AvgIpc) is 3.28. The molecule has 7 nitrogen and oxygen atoms in total. The number of rotatable bonds is 6. The second-order valence-corrected chi connectivity index (χ2v) is 8.06. The van der Waals surface area contributed by atoms with E-state index in [1.807, 2.05) is 0 Å². The van der Waals surface area contributed by atoms with Gasteiger partial charge in [-0.15, -0.1) is 0 Å². The van der Waals surface area contributed by atoms with E-state index in [4.69, 9.17) is 16.0 Å². The van der Waals surface area contributed by atoms with Gasteiger partial charge in [0.15, 0.2) is 11.7 Å². The summed E-state index contributed by atoms with van der Waals surface area (Å²) in [5.74, 6) is 0.194. The predicted octanol–water partition coefficient (Wildman–Crippen LogP) is 4.34. The lowest BCUT2D eigenvalue weighted by Gasteiger charge is -2.32. The number of hydrogen-bond acceptors (Lipinski definition) is 5. The highest BCUT2D eigenvalue weighted by atomic mass is 35.5. The second-order valence-electron chi connectivity index (χ2n) is 7.63. The van der Waals surface area contributed by atoms with Crippen molar-refractivity contribution in [3.8, 4) is 11.3 Å². The Balaban J connectivity index is 1.30. The Hall–Kier alpha value is -3.26. The van der Waals surface area contributed by atoms with Crippen molar-refractivity contribution in [3.05, 3.63) is 65.5 Å². The smallest absolute Gasteiger partial charge is 0.230 e. The van der Waals surface area contributed by atoms with Crippen molar-refractivity contribution in [1.82, 2.24) is 14.9 Å². The minimum atomic E-state index is -0.391. The van der Waals surface area contributed by atoms with Crippen LogP contribution in [0.1, 0.15) is 25.2 Å². The lowest BCUT2D eigenvalue weighted by atomic mass is 9.96. The first kappa shape index (κ1) is 22.0. The average molecular weight is 457 g/mol. The summed E-state index contributed by atoms with van der Waals surface area (Å²) in [6, 6.07) is 9.58. The van der Waals surface area contributed by atoms with Crippen molar-refractivity contribution in [1.29, 1.82) is 0 Å². The number of aryl methyl sites for hydroxylation is 1. The molecular formula is C23H22ClFN4O3. The Morgan fingerprint density at radius 1 is 1.19 bits per heavy atom. The van der Waals surface area contributed by atoms with E-state index in [-0.39, 0.29) is 24.2 Å². The van der Waals surface area contributed by atoms with Crippen LogP contribution < -0.4 is 5.32 Å². The number of carbonyl (C=O) groups is 2. The van der Waals surface area contributed by atoms with E-state index in [9.17, 15) is 14.0 Å². The number of halogens is 2. The van der Waals surface area contributed by atoms with Crippen LogP contribution in [0.2, 0.25) is 5.02 Å². The lowest BCUT2D eigenvalue weighted by molar-refractivity contribution is -0.134. The number of carbonyl (C=O) groups excluding carboxylic acids is 2. The molecule has 0 aliphatic carbocycles. The van der Waals surface area contributed by atoms with Gasteiger partial charge >= 0.3 is 0 Å². The number of nitrogens with one attached hydrogen (secondary N) is 1. The molecule has 1 fully saturated rings. The number of amides is 2. The molecular weight excluding hydrogens is 435 g/mol. The molecule has 1 atom stereocenters. The Morgan fingerprint density at radius 2 is 2.03 bits per heavy atom. The lowest BCUT2D eigenvalue weighted by Crippen LogP contribution is -2.43. The van der Waals surface area contributed by atoms with Gasteiger partial charge in [-0.1, -0.05) is 23.7 Å². The zero-order valence-electron chi connectivity index (χ0n) is 17.3. The first-order chi connectivity index (χ1) is 15.5. The molecule has 3 heterocycles. The number of piperidine rings is 1.